The first-order valence-corrected chi connectivity index (χ1v) is 12.0. The van der Waals surface area contributed by atoms with E-state index in [-0.39, 0.29) is 29.8 Å². The van der Waals surface area contributed by atoms with Crippen LogP contribution in [-0.4, -0.2) is 53.3 Å². The molecule has 0 saturated carbocycles. The lowest BCUT2D eigenvalue weighted by molar-refractivity contribution is -0.117. The summed E-state index contributed by atoms with van der Waals surface area (Å²) in [5.41, 5.74) is 1.68. The molecule has 0 fully saturated rings. The summed E-state index contributed by atoms with van der Waals surface area (Å²) in [4.78, 5) is 28.1. The molecule has 0 spiro atoms. The highest BCUT2D eigenvalue weighted by molar-refractivity contribution is 6.30. The summed E-state index contributed by atoms with van der Waals surface area (Å²) in [6.07, 6.45) is 0. The second-order valence-corrected chi connectivity index (χ2v) is 10.1. The van der Waals surface area contributed by atoms with Gasteiger partial charge in [-0.1, -0.05) is 32.4 Å². The zero-order valence-electron chi connectivity index (χ0n) is 21.8. The van der Waals surface area contributed by atoms with E-state index in [2.05, 4.69) is 26.1 Å². The Morgan fingerprint density at radius 1 is 1.06 bits per heavy atom. The van der Waals surface area contributed by atoms with Gasteiger partial charge in [-0.15, -0.1) is 0 Å². The highest BCUT2D eigenvalue weighted by Gasteiger charge is 2.26. The van der Waals surface area contributed by atoms with E-state index in [9.17, 15) is 9.59 Å². The van der Waals surface area contributed by atoms with Crippen molar-refractivity contribution in [2.75, 3.05) is 26.1 Å². The monoisotopic (exact) mass is 512 g/mol. The maximum Gasteiger partial charge on any atom is 0.258 e. The van der Waals surface area contributed by atoms with Gasteiger partial charge >= 0.3 is 0 Å². The highest BCUT2D eigenvalue weighted by Crippen LogP contribution is 2.28. The van der Waals surface area contributed by atoms with Gasteiger partial charge in [0.2, 0.25) is 5.91 Å². The van der Waals surface area contributed by atoms with Gasteiger partial charge in [-0.05, 0) is 50.2 Å². The normalized spacial score (nSPS) is 11.4. The summed E-state index contributed by atoms with van der Waals surface area (Å²) in [7, 11) is 3.03. The number of methoxy groups -OCH3 is 2. The van der Waals surface area contributed by atoms with Crippen LogP contribution in [0.4, 0.5) is 5.82 Å². The number of carbonyl (C=O) groups is 2. The Morgan fingerprint density at radius 3 is 2.28 bits per heavy atom. The Morgan fingerprint density at radius 2 is 1.72 bits per heavy atom. The first-order chi connectivity index (χ1) is 16.9. The molecule has 0 radical (unpaired) electrons. The third kappa shape index (κ3) is 6.18. The highest BCUT2D eigenvalue weighted by atomic mass is 35.5. The van der Waals surface area contributed by atoms with E-state index in [4.69, 9.17) is 26.2 Å². The molecule has 2 aromatic carbocycles. The van der Waals surface area contributed by atoms with Crippen LogP contribution in [0, 0.1) is 0 Å². The molecular weight excluding hydrogens is 480 g/mol. The lowest BCUT2D eigenvalue weighted by atomic mass is 9.92. The topological polar surface area (TPSA) is 85.7 Å². The molecule has 0 aliphatic rings. The van der Waals surface area contributed by atoms with Crippen molar-refractivity contribution < 1.29 is 19.1 Å². The number of carbonyl (C=O) groups excluding carboxylic acids is 2. The largest absolute Gasteiger partial charge is 0.497 e. The Hall–Kier alpha value is -3.52. The van der Waals surface area contributed by atoms with Crippen LogP contribution in [0.2, 0.25) is 5.02 Å². The van der Waals surface area contributed by atoms with E-state index in [1.807, 2.05) is 32.0 Å². The Kier molecular flexibility index (Phi) is 8.30. The average molecular weight is 513 g/mol. The van der Waals surface area contributed by atoms with Crippen LogP contribution in [0.25, 0.3) is 5.69 Å². The summed E-state index contributed by atoms with van der Waals surface area (Å²) < 4.78 is 12.3. The van der Waals surface area contributed by atoms with Crippen LogP contribution in [0.15, 0.2) is 48.5 Å². The molecule has 192 valence electrons. The lowest BCUT2D eigenvalue weighted by Gasteiger charge is -2.27. The predicted molar refractivity (Wildman–Crippen MR) is 142 cm³/mol. The SMILES string of the molecule is COc1ccc(C(=O)N(CC(=O)Nc2cc(C(C)(C)C)nn2-c2ccc(Cl)cc2)C(C)C)c(OC)c1. The number of aromatic nitrogens is 2. The van der Waals surface area contributed by atoms with Gasteiger partial charge in [0.05, 0.1) is 31.2 Å². The minimum atomic E-state index is -0.347. The molecule has 36 heavy (non-hydrogen) atoms. The standard InChI is InChI=1S/C27H33ClN4O4/c1-17(2)31(26(34)21-13-12-20(35-6)14-22(21)36-7)16-25(33)29-24-15-23(27(3,4)5)30-32(24)19-10-8-18(28)9-11-19/h8-15,17H,16H2,1-7H3,(H,29,33). The van der Waals surface area contributed by atoms with E-state index >= 15 is 0 Å². The number of benzene rings is 2. The van der Waals surface area contributed by atoms with Crippen molar-refractivity contribution in [3.05, 3.63) is 64.8 Å². The van der Waals surface area contributed by atoms with E-state index < -0.39 is 0 Å². The third-order valence-corrected chi connectivity index (χ3v) is 5.91. The van der Waals surface area contributed by atoms with E-state index in [1.54, 1.807) is 42.1 Å². The number of nitrogens with one attached hydrogen (secondary N) is 1. The zero-order chi connectivity index (χ0) is 26.6. The zero-order valence-corrected chi connectivity index (χ0v) is 22.5. The van der Waals surface area contributed by atoms with Crippen LogP contribution in [0.5, 0.6) is 11.5 Å². The molecule has 0 unspecified atom stereocenters. The van der Waals surface area contributed by atoms with E-state index in [0.717, 1.165) is 11.4 Å². The fourth-order valence-electron chi connectivity index (χ4n) is 3.57. The van der Waals surface area contributed by atoms with Crippen molar-refractivity contribution in [1.29, 1.82) is 0 Å². The number of nitrogens with zero attached hydrogens (tertiary/aromatic N) is 3. The van der Waals surface area contributed by atoms with Crippen molar-refractivity contribution >= 4 is 29.2 Å². The number of hydrogen-bond acceptors (Lipinski definition) is 5. The van der Waals surface area contributed by atoms with Crippen LogP contribution < -0.4 is 14.8 Å². The number of ether oxygens (including phenoxy) is 2. The molecule has 3 aromatic rings. The Balaban J connectivity index is 1.88. The van der Waals surface area contributed by atoms with Gasteiger partial charge in [0.15, 0.2) is 0 Å². The maximum atomic E-state index is 13.4. The molecule has 2 amide bonds. The first-order valence-electron chi connectivity index (χ1n) is 11.6. The Labute approximate surface area is 217 Å². The minimum absolute atomic E-state index is 0.150. The molecule has 1 N–H and O–H groups in total. The Bertz CT molecular complexity index is 1230. The van der Waals surface area contributed by atoms with Crippen molar-refractivity contribution in [3.63, 3.8) is 0 Å². The summed E-state index contributed by atoms with van der Waals surface area (Å²) in [6.45, 7) is 9.72. The molecule has 9 heteroatoms. The first kappa shape index (κ1) is 27.1. The van der Waals surface area contributed by atoms with Crippen LogP contribution in [0.3, 0.4) is 0 Å². The van der Waals surface area contributed by atoms with Crippen molar-refractivity contribution in [2.45, 2.75) is 46.1 Å². The molecule has 8 nitrogen and oxygen atoms in total. The van der Waals surface area contributed by atoms with Gasteiger partial charge in [-0.3, -0.25) is 9.59 Å². The number of halogens is 1. The number of anilines is 1. The van der Waals surface area contributed by atoms with Crippen molar-refractivity contribution in [1.82, 2.24) is 14.7 Å². The molecule has 1 heterocycles. The maximum absolute atomic E-state index is 13.4. The lowest BCUT2D eigenvalue weighted by Crippen LogP contribution is -2.42. The quantitative estimate of drug-likeness (QED) is 0.441. The molecule has 0 aliphatic heterocycles. The smallest absolute Gasteiger partial charge is 0.258 e. The average Bonchev–Trinajstić information content (AvgIpc) is 3.26. The third-order valence-electron chi connectivity index (χ3n) is 5.65. The van der Waals surface area contributed by atoms with Gasteiger partial charge in [0, 0.05) is 28.6 Å². The molecule has 0 atom stereocenters. The van der Waals surface area contributed by atoms with Crippen molar-refractivity contribution in [3.8, 4) is 17.2 Å². The second-order valence-electron chi connectivity index (χ2n) is 9.69. The second kappa shape index (κ2) is 11.0. The van der Waals surface area contributed by atoms with Gasteiger partial charge in [-0.25, -0.2) is 4.68 Å². The van der Waals surface area contributed by atoms with Gasteiger partial charge < -0.3 is 19.7 Å². The molecule has 0 aliphatic carbocycles. The number of rotatable bonds is 8. The van der Waals surface area contributed by atoms with E-state index in [0.29, 0.717) is 27.9 Å². The van der Waals surface area contributed by atoms with Crippen LogP contribution in [-0.2, 0) is 10.2 Å². The minimum Gasteiger partial charge on any atom is -0.497 e. The molecule has 1 aromatic heterocycles. The van der Waals surface area contributed by atoms with E-state index in [1.165, 1.54) is 12.0 Å². The number of amides is 2. The summed E-state index contributed by atoms with van der Waals surface area (Å²) in [5, 5.41) is 8.26. The van der Waals surface area contributed by atoms with Crippen LogP contribution in [0.1, 0.15) is 50.7 Å². The fourth-order valence-corrected chi connectivity index (χ4v) is 3.70. The molecule has 3 rings (SSSR count). The van der Waals surface area contributed by atoms with Gasteiger partial charge in [-0.2, -0.15) is 5.10 Å². The summed E-state index contributed by atoms with van der Waals surface area (Å²) in [5.74, 6) is 0.787. The summed E-state index contributed by atoms with van der Waals surface area (Å²) in [6, 6.07) is 13.8. The molecule has 0 bridgehead atoms. The summed E-state index contributed by atoms with van der Waals surface area (Å²) >= 11 is 6.05. The predicted octanol–water partition coefficient (Wildman–Crippen LogP) is 5.33. The van der Waals surface area contributed by atoms with Crippen LogP contribution >= 0.6 is 11.6 Å². The van der Waals surface area contributed by atoms with Crippen molar-refractivity contribution in [2.24, 2.45) is 0 Å². The number of hydrogen-bond donors (Lipinski definition) is 1. The molecular formula is C27H33ClN4O4. The fraction of sp³-hybridized carbons (Fsp3) is 0.370. The van der Waals surface area contributed by atoms with Gasteiger partial charge in [0.1, 0.15) is 23.9 Å². The van der Waals surface area contributed by atoms with Gasteiger partial charge in [0.25, 0.3) is 5.91 Å². The molecule has 0 saturated heterocycles.